The summed E-state index contributed by atoms with van der Waals surface area (Å²) in [6.45, 7) is 0. The second-order valence-electron chi connectivity index (χ2n) is 8.91. The third kappa shape index (κ3) is 6.04. The van der Waals surface area contributed by atoms with Gasteiger partial charge in [-0.2, -0.15) is 0 Å². The van der Waals surface area contributed by atoms with E-state index in [1.54, 1.807) is 21.3 Å². The fraction of sp³-hybridized carbons (Fsp3) is 0.345. The molecule has 5 nitrogen and oxygen atoms in total. The molecule has 0 fully saturated rings. The molecule has 194 valence electrons. The first kappa shape index (κ1) is 28.0. The Kier molecular flexibility index (Phi) is 9.81. The summed E-state index contributed by atoms with van der Waals surface area (Å²) in [4.78, 5) is 10.8. The van der Waals surface area contributed by atoms with Crippen LogP contribution in [0.1, 0.15) is 38.5 Å². The summed E-state index contributed by atoms with van der Waals surface area (Å²) >= 11 is 4.49. The van der Waals surface area contributed by atoms with Gasteiger partial charge in [-0.05, 0) is 0 Å². The van der Waals surface area contributed by atoms with Crippen LogP contribution in [-0.4, -0.2) is 38.6 Å². The Morgan fingerprint density at radius 3 is 1.31 bits per heavy atom. The zero-order chi connectivity index (χ0) is 26.0. The van der Waals surface area contributed by atoms with Crippen LogP contribution in [0.5, 0.6) is 17.2 Å². The Bertz CT molecular complexity index is 995. The van der Waals surface area contributed by atoms with Gasteiger partial charge >= 0.3 is 223 Å². The number of benzene rings is 3. The molecule has 0 aliphatic rings. The molecule has 0 saturated carbocycles. The van der Waals surface area contributed by atoms with Crippen molar-refractivity contribution in [1.29, 1.82) is 0 Å². The Morgan fingerprint density at radius 2 is 0.972 bits per heavy atom. The Hall–Kier alpha value is -2.56. The van der Waals surface area contributed by atoms with Crippen LogP contribution >= 0.6 is 20.8 Å². The van der Waals surface area contributed by atoms with Crippen molar-refractivity contribution in [3.05, 3.63) is 72.8 Å². The summed E-state index contributed by atoms with van der Waals surface area (Å²) in [5.41, 5.74) is 0. The number of aliphatic carboxylic acids is 1. The van der Waals surface area contributed by atoms with Gasteiger partial charge in [0.15, 0.2) is 0 Å². The fourth-order valence-electron chi connectivity index (χ4n) is 4.73. The number of methoxy groups -OCH3 is 3. The summed E-state index contributed by atoms with van der Waals surface area (Å²) in [6, 6.07) is 25.2. The molecule has 0 amide bonds. The predicted molar refractivity (Wildman–Crippen MR) is 154 cm³/mol. The number of carboxylic acids is 1. The van der Waals surface area contributed by atoms with E-state index in [1.807, 2.05) is 36.4 Å². The molecule has 0 unspecified atom stereocenters. The third-order valence-corrected chi connectivity index (χ3v) is 16.8. The standard InChI is InChI=1S/C29H36BrO5P/c1-33-23-10-16-26(17-11-23)36(30,27-18-12-24(34-2)13-19-27,28-20-14-25(35-3)15-21-28)22-8-6-4-5-7-9-29(31)32/h10-21H,4-9,22H2,1-3H3,(H,31,32). The maximum atomic E-state index is 10.8. The van der Waals surface area contributed by atoms with E-state index in [0.717, 1.165) is 55.5 Å². The summed E-state index contributed by atoms with van der Waals surface area (Å²) < 4.78 is 16.4. The summed E-state index contributed by atoms with van der Waals surface area (Å²) in [5.74, 6) is 1.73. The van der Waals surface area contributed by atoms with Crippen molar-refractivity contribution in [2.45, 2.75) is 38.5 Å². The summed E-state index contributed by atoms with van der Waals surface area (Å²) in [7, 11) is 5.04. The molecule has 0 atom stereocenters. The van der Waals surface area contributed by atoms with Gasteiger partial charge in [-0.3, -0.25) is 0 Å². The van der Waals surface area contributed by atoms with Crippen molar-refractivity contribution in [1.82, 2.24) is 0 Å². The van der Waals surface area contributed by atoms with Crippen LogP contribution in [0.25, 0.3) is 0 Å². The molecule has 0 spiro atoms. The van der Waals surface area contributed by atoms with E-state index in [2.05, 4.69) is 51.9 Å². The Morgan fingerprint density at radius 1 is 0.639 bits per heavy atom. The van der Waals surface area contributed by atoms with Gasteiger partial charge in [-0.25, -0.2) is 0 Å². The number of hydrogen-bond acceptors (Lipinski definition) is 4. The van der Waals surface area contributed by atoms with Crippen molar-refractivity contribution >= 4 is 42.7 Å². The molecule has 3 rings (SSSR count). The molecule has 3 aromatic rings. The number of rotatable bonds is 14. The molecule has 0 aliphatic heterocycles. The molecule has 0 radical (unpaired) electrons. The summed E-state index contributed by atoms with van der Waals surface area (Å²) in [5, 5.41) is 9.51. The molecule has 0 heterocycles. The SMILES string of the molecule is COc1ccc(P(Br)(CCCCCCCC(=O)O)(c2ccc(OC)cc2)c2ccc(OC)cc2)cc1. The first-order valence-electron chi connectivity index (χ1n) is 12.2. The Balaban J connectivity index is 2.08. The molecule has 36 heavy (non-hydrogen) atoms. The van der Waals surface area contributed by atoms with Crippen molar-refractivity contribution in [3.8, 4) is 17.2 Å². The van der Waals surface area contributed by atoms with Gasteiger partial charge in [0.05, 0.1) is 0 Å². The average molecular weight is 575 g/mol. The van der Waals surface area contributed by atoms with Crippen LogP contribution in [0.2, 0.25) is 0 Å². The normalized spacial score (nSPS) is 12.4. The van der Waals surface area contributed by atoms with Crippen molar-refractivity contribution in [3.63, 3.8) is 0 Å². The summed E-state index contributed by atoms with van der Waals surface area (Å²) in [6.07, 6.45) is 5.87. The molecule has 3 aromatic carbocycles. The molecular weight excluding hydrogens is 539 g/mol. The maximum absolute atomic E-state index is 10.8. The van der Waals surface area contributed by atoms with E-state index in [-0.39, 0.29) is 6.42 Å². The third-order valence-electron chi connectivity index (χ3n) is 6.80. The van der Waals surface area contributed by atoms with Crippen molar-refractivity contribution in [2.24, 2.45) is 0 Å². The first-order chi connectivity index (χ1) is 17.3. The minimum absolute atomic E-state index is 0.238. The second kappa shape index (κ2) is 12.6. The van der Waals surface area contributed by atoms with E-state index in [4.69, 9.17) is 19.3 Å². The van der Waals surface area contributed by atoms with Crippen LogP contribution in [0.3, 0.4) is 0 Å². The van der Waals surface area contributed by atoms with Gasteiger partial charge in [-0.1, -0.05) is 0 Å². The van der Waals surface area contributed by atoms with Crippen molar-refractivity contribution < 1.29 is 24.1 Å². The molecule has 1 N–H and O–H groups in total. The number of halogens is 1. The van der Waals surface area contributed by atoms with Gasteiger partial charge in [0.25, 0.3) is 0 Å². The quantitative estimate of drug-likeness (QED) is 0.181. The van der Waals surface area contributed by atoms with Crippen LogP contribution in [-0.2, 0) is 4.79 Å². The van der Waals surface area contributed by atoms with Crippen molar-refractivity contribution in [2.75, 3.05) is 27.5 Å². The van der Waals surface area contributed by atoms with Crippen LogP contribution in [0.4, 0.5) is 0 Å². The molecule has 0 saturated heterocycles. The van der Waals surface area contributed by atoms with E-state index in [1.165, 1.54) is 15.9 Å². The van der Waals surface area contributed by atoms with Gasteiger partial charge in [0.2, 0.25) is 0 Å². The number of ether oxygens (including phenoxy) is 3. The first-order valence-corrected chi connectivity index (χ1v) is 16.7. The molecule has 0 bridgehead atoms. The zero-order valence-electron chi connectivity index (χ0n) is 21.3. The van der Waals surface area contributed by atoms with Crippen LogP contribution in [0, 0.1) is 0 Å². The molecular formula is C29H36BrO5P. The van der Waals surface area contributed by atoms with Gasteiger partial charge < -0.3 is 0 Å². The van der Waals surface area contributed by atoms with E-state index in [9.17, 15) is 4.79 Å². The molecule has 0 aromatic heterocycles. The minimum atomic E-state index is -3.09. The van der Waals surface area contributed by atoms with Crippen LogP contribution in [0.15, 0.2) is 72.8 Å². The van der Waals surface area contributed by atoms with E-state index >= 15 is 0 Å². The number of carboxylic acid groups (broad SMARTS) is 1. The second-order valence-corrected chi connectivity index (χ2v) is 18.0. The predicted octanol–water partition coefficient (Wildman–Crippen LogP) is 6.28. The van der Waals surface area contributed by atoms with Gasteiger partial charge in [0.1, 0.15) is 0 Å². The van der Waals surface area contributed by atoms with Crippen LogP contribution < -0.4 is 30.1 Å². The molecule has 7 heteroatoms. The number of hydrogen-bond donors (Lipinski definition) is 1. The fourth-order valence-corrected chi connectivity index (χ4v) is 12.4. The average Bonchev–Trinajstić information content (AvgIpc) is 2.92. The number of unbranched alkanes of at least 4 members (excludes halogenated alkanes) is 4. The monoisotopic (exact) mass is 574 g/mol. The molecule has 0 aliphatic carbocycles. The Labute approximate surface area is 222 Å². The van der Waals surface area contributed by atoms with E-state index < -0.39 is 11.3 Å². The number of carbonyl (C=O) groups is 1. The van der Waals surface area contributed by atoms with Gasteiger partial charge in [0, 0.05) is 0 Å². The van der Waals surface area contributed by atoms with E-state index in [0.29, 0.717) is 0 Å². The zero-order valence-corrected chi connectivity index (χ0v) is 23.8. The topological polar surface area (TPSA) is 65.0 Å². The van der Waals surface area contributed by atoms with Gasteiger partial charge in [-0.15, -0.1) is 0 Å².